The van der Waals surface area contributed by atoms with Gasteiger partial charge in [-0.25, -0.2) is 12.7 Å². The number of carbonyl (C=O) groups excluding carboxylic acids is 1. The van der Waals surface area contributed by atoms with Gasteiger partial charge in [-0.05, 0) is 37.1 Å². The second kappa shape index (κ2) is 6.69. The van der Waals surface area contributed by atoms with Gasteiger partial charge < -0.3 is 5.32 Å². The Balaban J connectivity index is 2.16. The molecule has 1 aliphatic rings. The lowest BCUT2D eigenvalue weighted by Crippen LogP contribution is -2.48. The van der Waals surface area contributed by atoms with E-state index in [1.165, 1.54) is 38.4 Å². The van der Waals surface area contributed by atoms with E-state index in [1.54, 1.807) is 0 Å². The molecule has 1 amide bonds. The molecular formula is C16H21N3O3S. The van der Waals surface area contributed by atoms with Crippen LogP contribution in [0.15, 0.2) is 29.2 Å². The van der Waals surface area contributed by atoms with Gasteiger partial charge >= 0.3 is 0 Å². The van der Waals surface area contributed by atoms with E-state index in [0.717, 1.165) is 23.6 Å². The molecule has 1 aromatic carbocycles. The van der Waals surface area contributed by atoms with Gasteiger partial charge in [-0.1, -0.05) is 19.3 Å². The molecule has 124 valence electrons. The summed E-state index contributed by atoms with van der Waals surface area (Å²) in [6.45, 7) is 0. The van der Waals surface area contributed by atoms with Crippen LogP contribution in [0.5, 0.6) is 0 Å². The number of amides is 1. The first-order valence-corrected chi connectivity index (χ1v) is 9.01. The molecule has 0 spiro atoms. The Morgan fingerprint density at radius 3 is 2.22 bits per heavy atom. The van der Waals surface area contributed by atoms with Crippen molar-refractivity contribution in [2.45, 2.75) is 42.5 Å². The molecule has 0 radical (unpaired) electrons. The fraction of sp³-hybridized carbons (Fsp3) is 0.500. The molecule has 0 aliphatic heterocycles. The Morgan fingerprint density at radius 2 is 1.74 bits per heavy atom. The second-order valence-corrected chi connectivity index (χ2v) is 8.17. The van der Waals surface area contributed by atoms with E-state index < -0.39 is 15.6 Å². The summed E-state index contributed by atoms with van der Waals surface area (Å²) in [4.78, 5) is 12.5. The first-order valence-electron chi connectivity index (χ1n) is 7.57. The van der Waals surface area contributed by atoms with E-state index in [1.807, 2.05) is 0 Å². The van der Waals surface area contributed by atoms with Gasteiger partial charge in [-0.2, -0.15) is 5.26 Å². The zero-order chi connectivity index (χ0) is 17.1. The van der Waals surface area contributed by atoms with Crippen LogP contribution in [0.2, 0.25) is 0 Å². The Kier molecular flexibility index (Phi) is 5.07. The summed E-state index contributed by atoms with van der Waals surface area (Å²) in [5.74, 6) is -0.345. The fourth-order valence-corrected chi connectivity index (χ4v) is 3.60. The maximum absolute atomic E-state index is 12.3. The summed E-state index contributed by atoms with van der Waals surface area (Å²) in [5, 5.41) is 12.2. The molecule has 7 heteroatoms. The largest absolute Gasteiger partial charge is 0.334 e. The van der Waals surface area contributed by atoms with Crippen LogP contribution in [0.1, 0.15) is 42.5 Å². The van der Waals surface area contributed by atoms with Crippen molar-refractivity contribution in [2.24, 2.45) is 0 Å². The monoisotopic (exact) mass is 335 g/mol. The highest BCUT2D eigenvalue weighted by Crippen LogP contribution is 2.28. The molecule has 6 nitrogen and oxygen atoms in total. The van der Waals surface area contributed by atoms with Gasteiger partial charge in [0.2, 0.25) is 10.0 Å². The summed E-state index contributed by atoms with van der Waals surface area (Å²) in [7, 11) is -0.606. The normalized spacial score (nSPS) is 17.5. The quantitative estimate of drug-likeness (QED) is 0.910. The van der Waals surface area contributed by atoms with Crippen LogP contribution in [0.4, 0.5) is 0 Å². The van der Waals surface area contributed by atoms with E-state index in [4.69, 9.17) is 0 Å². The molecular weight excluding hydrogens is 314 g/mol. The minimum Gasteiger partial charge on any atom is -0.334 e. The number of rotatable bonds is 4. The number of benzene rings is 1. The summed E-state index contributed by atoms with van der Waals surface area (Å²) >= 11 is 0. The average molecular weight is 335 g/mol. The smallest absolute Gasteiger partial charge is 0.252 e. The minimum atomic E-state index is -3.51. The van der Waals surface area contributed by atoms with E-state index >= 15 is 0 Å². The highest BCUT2D eigenvalue weighted by Gasteiger charge is 2.33. The predicted octanol–water partition coefficient (Wildman–Crippen LogP) is 1.89. The molecule has 0 bridgehead atoms. The molecule has 1 N–H and O–H groups in total. The van der Waals surface area contributed by atoms with Crippen LogP contribution >= 0.6 is 0 Å². The highest BCUT2D eigenvalue weighted by molar-refractivity contribution is 7.89. The second-order valence-electron chi connectivity index (χ2n) is 6.02. The van der Waals surface area contributed by atoms with Gasteiger partial charge in [0.1, 0.15) is 5.54 Å². The van der Waals surface area contributed by atoms with Crippen LogP contribution in [0.3, 0.4) is 0 Å². The summed E-state index contributed by atoms with van der Waals surface area (Å²) < 4.78 is 25.1. The molecule has 0 atom stereocenters. The number of hydrogen-bond donors (Lipinski definition) is 1. The minimum absolute atomic E-state index is 0.131. The van der Waals surface area contributed by atoms with Crippen molar-refractivity contribution in [3.8, 4) is 6.07 Å². The van der Waals surface area contributed by atoms with Crippen molar-refractivity contribution < 1.29 is 13.2 Å². The van der Waals surface area contributed by atoms with E-state index in [2.05, 4.69) is 11.4 Å². The molecule has 23 heavy (non-hydrogen) atoms. The number of nitriles is 1. The van der Waals surface area contributed by atoms with E-state index in [-0.39, 0.29) is 10.8 Å². The first kappa shape index (κ1) is 17.4. The van der Waals surface area contributed by atoms with Gasteiger partial charge in [-0.3, -0.25) is 4.79 Å². The molecule has 1 saturated carbocycles. The van der Waals surface area contributed by atoms with Crippen molar-refractivity contribution >= 4 is 15.9 Å². The van der Waals surface area contributed by atoms with Crippen LogP contribution in [0.25, 0.3) is 0 Å². The number of nitrogens with zero attached hydrogens (tertiary/aromatic N) is 2. The van der Waals surface area contributed by atoms with Crippen LogP contribution in [-0.2, 0) is 10.0 Å². The van der Waals surface area contributed by atoms with Gasteiger partial charge in [-0.15, -0.1) is 0 Å². The molecule has 2 rings (SSSR count). The molecule has 0 unspecified atom stereocenters. The standard InChI is InChI=1S/C16H21N3O3S/c1-19(2)23(21,22)14-8-6-13(7-9-14)15(20)18-16(12-17)10-4-3-5-11-16/h6-9H,3-5,10-11H2,1-2H3,(H,18,20). The third-order valence-electron chi connectivity index (χ3n) is 4.17. The maximum Gasteiger partial charge on any atom is 0.252 e. The molecule has 0 aromatic heterocycles. The van der Waals surface area contributed by atoms with Crippen molar-refractivity contribution in [3.05, 3.63) is 29.8 Å². The molecule has 1 aromatic rings. The van der Waals surface area contributed by atoms with Crippen molar-refractivity contribution in [2.75, 3.05) is 14.1 Å². The topological polar surface area (TPSA) is 90.3 Å². The molecule has 0 saturated heterocycles. The zero-order valence-electron chi connectivity index (χ0n) is 13.4. The summed E-state index contributed by atoms with van der Waals surface area (Å²) in [6, 6.07) is 7.99. The molecule has 1 aliphatic carbocycles. The zero-order valence-corrected chi connectivity index (χ0v) is 14.2. The van der Waals surface area contributed by atoms with Gasteiger partial charge in [0, 0.05) is 19.7 Å². The number of hydrogen-bond acceptors (Lipinski definition) is 4. The van der Waals surface area contributed by atoms with Crippen LogP contribution in [-0.4, -0.2) is 38.3 Å². The van der Waals surface area contributed by atoms with Crippen molar-refractivity contribution in [1.29, 1.82) is 5.26 Å². The Hall–Kier alpha value is -1.91. The van der Waals surface area contributed by atoms with Crippen LogP contribution in [0, 0.1) is 11.3 Å². The SMILES string of the molecule is CN(C)S(=O)(=O)c1ccc(C(=O)NC2(C#N)CCCCC2)cc1. The Morgan fingerprint density at radius 1 is 1.17 bits per heavy atom. The average Bonchev–Trinajstić information content (AvgIpc) is 2.55. The van der Waals surface area contributed by atoms with Gasteiger partial charge in [0.15, 0.2) is 0 Å². The number of nitrogens with one attached hydrogen (secondary N) is 1. The first-order chi connectivity index (χ1) is 10.8. The lowest BCUT2D eigenvalue weighted by Gasteiger charge is -2.31. The Bertz CT molecular complexity index is 712. The van der Waals surface area contributed by atoms with E-state index in [9.17, 15) is 18.5 Å². The lowest BCUT2D eigenvalue weighted by atomic mass is 9.82. The Labute approximate surface area is 137 Å². The van der Waals surface area contributed by atoms with Crippen LogP contribution < -0.4 is 5.32 Å². The number of carbonyl (C=O) groups is 1. The van der Waals surface area contributed by atoms with Crippen molar-refractivity contribution in [1.82, 2.24) is 9.62 Å². The maximum atomic E-state index is 12.3. The third-order valence-corrected chi connectivity index (χ3v) is 6.00. The highest BCUT2D eigenvalue weighted by atomic mass is 32.2. The van der Waals surface area contributed by atoms with Gasteiger partial charge in [0.25, 0.3) is 5.91 Å². The predicted molar refractivity (Wildman–Crippen MR) is 86.2 cm³/mol. The third kappa shape index (κ3) is 3.71. The summed E-state index contributed by atoms with van der Waals surface area (Å²) in [6.07, 6.45) is 4.24. The molecule has 0 heterocycles. The van der Waals surface area contributed by atoms with E-state index in [0.29, 0.717) is 18.4 Å². The molecule has 1 fully saturated rings. The fourth-order valence-electron chi connectivity index (χ4n) is 2.70. The summed E-state index contributed by atoms with van der Waals surface area (Å²) in [5.41, 5.74) is -0.452. The van der Waals surface area contributed by atoms with Gasteiger partial charge in [0.05, 0.1) is 11.0 Å². The number of sulfonamides is 1. The lowest BCUT2D eigenvalue weighted by molar-refractivity contribution is 0.0902. The van der Waals surface area contributed by atoms with Crippen molar-refractivity contribution in [3.63, 3.8) is 0 Å².